The molecule has 1 fully saturated rings. The van der Waals surface area contributed by atoms with Crippen LogP contribution in [-0.4, -0.2) is 45.0 Å². The molecule has 23 heavy (non-hydrogen) atoms. The lowest BCUT2D eigenvalue weighted by Crippen LogP contribution is -2.49. The zero-order chi connectivity index (χ0) is 16.3. The highest BCUT2D eigenvalue weighted by molar-refractivity contribution is 5.80. The summed E-state index contributed by atoms with van der Waals surface area (Å²) >= 11 is 0. The van der Waals surface area contributed by atoms with E-state index in [1.807, 2.05) is 11.6 Å². The van der Waals surface area contributed by atoms with Gasteiger partial charge in [0.15, 0.2) is 5.96 Å². The van der Waals surface area contributed by atoms with Crippen molar-refractivity contribution < 1.29 is 5.11 Å². The molecular formula is C16H28N6O. The molecule has 1 unspecified atom stereocenters. The fourth-order valence-corrected chi connectivity index (χ4v) is 3.60. The first-order chi connectivity index (χ1) is 11.1. The summed E-state index contributed by atoms with van der Waals surface area (Å²) in [5.41, 5.74) is -0.598. The molecule has 1 saturated carbocycles. The van der Waals surface area contributed by atoms with Gasteiger partial charge in [-0.25, -0.2) is 9.67 Å². The molecule has 0 amide bonds. The van der Waals surface area contributed by atoms with Crippen molar-refractivity contribution in [3.05, 3.63) is 11.6 Å². The summed E-state index contributed by atoms with van der Waals surface area (Å²) < 4.78 is 1.98. The minimum Gasteiger partial charge on any atom is -0.388 e. The van der Waals surface area contributed by atoms with Gasteiger partial charge in [0.2, 0.25) is 0 Å². The van der Waals surface area contributed by atoms with Crippen molar-refractivity contribution in [3.8, 4) is 0 Å². The summed E-state index contributed by atoms with van der Waals surface area (Å²) in [6.45, 7) is 3.40. The topological polar surface area (TPSA) is 87.4 Å². The number of aromatic nitrogens is 3. The molecule has 128 valence electrons. The maximum Gasteiger partial charge on any atom is 0.191 e. The SMILES string of the molecule is CN=C(NCC1(O)CCCCC1)NC1CCCn2nc(C)nc21. The van der Waals surface area contributed by atoms with Crippen molar-refractivity contribution in [2.24, 2.45) is 4.99 Å². The molecule has 0 saturated heterocycles. The van der Waals surface area contributed by atoms with E-state index in [9.17, 15) is 5.11 Å². The third-order valence-corrected chi connectivity index (χ3v) is 4.88. The summed E-state index contributed by atoms with van der Waals surface area (Å²) in [6.07, 6.45) is 7.27. The van der Waals surface area contributed by atoms with Gasteiger partial charge in [-0.05, 0) is 32.6 Å². The zero-order valence-corrected chi connectivity index (χ0v) is 14.2. The summed E-state index contributed by atoms with van der Waals surface area (Å²) in [5.74, 6) is 2.52. The molecule has 0 spiro atoms. The summed E-state index contributed by atoms with van der Waals surface area (Å²) in [7, 11) is 1.76. The second-order valence-electron chi connectivity index (χ2n) is 6.79. The summed E-state index contributed by atoms with van der Waals surface area (Å²) in [5, 5.41) is 21.8. The number of nitrogens with zero attached hydrogens (tertiary/aromatic N) is 4. The van der Waals surface area contributed by atoms with E-state index in [-0.39, 0.29) is 6.04 Å². The Balaban J connectivity index is 1.60. The van der Waals surface area contributed by atoms with Crippen LogP contribution < -0.4 is 10.6 Å². The van der Waals surface area contributed by atoms with E-state index in [1.54, 1.807) is 7.05 Å². The number of aryl methyl sites for hydroxylation is 2. The Bertz CT molecular complexity index is 561. The summed E-state index contributed by atoms with van der Waals surface area (Å²) in [4.78, 5) is 8.84. The Hall–Kier alpha value is -1.63. The quantitative estimate of drug-likeness (QED) is 0.577. The van der Waals surface area contributed by atoms with E-state index in [4.69, 9.17) is 0 Å². The molecule has 1 aromatic rings. The fraction of sp³-hybridized carbons (Fsp3) is 0.812. The van der Waals surface area contributed by atoms with Crippen LogP contribution in [0.1, 0.15) is 62.6 Å². The molecule has 7 heteroatoms. The van der Waals surface area contributed by atoms with Crippen molar-refractivity contribution >= 4 is 5.96 Å². The maximum absolute atomic E-state index is 10.6. The van der Waals surface area contributed by atoms with Gasteiger partial charge in [0.05, 0.1) is 11.6 Å². The van der Waals surface area contributed by atoms with Gasteiger partial charge in [0.25, 0.3) is 0 Å². The Kier molecular flexibility index (Phi) is 4.84. The van der Waals surface area contributed by atoms with Crippen LogP contribution >= 0.6 is 0 Å². The normalized spacial score (nSPS) is 24.1. The first kappa shape index (κ1) is 16.2. The number of rotatable bonds is 3. The number of guanidine groups is 1. The molecule has 3 rings (SSSR count). The monoisotopic (exact) mass is 320 g/mol. The Morgan fingerprint density at radius 2 is 2.13 bits per heavy atom. The van der Waals surface area contributed by atoms with Crippen LogP contribution in [0.2, 0.25) is 0 Å². The number of hydrogen-bond acceptors (Lipinski definition) is 4. The van der Waals surface area contributed by atoms with Crippen LogP contribution in [0.15, 0.2) is 4.99 Å². The second-order valence-corrected chi connectivity index (χ2v) is 6.79. The average Bonchev–Trinajstić information content (AvgIpc) is 2.93. The smallest absolute Gasteiger partial charge is 0.191 e. The summed E-state index contributed by atoms with van der Waals surface area (Å²) in [6, 6.07) is 0.122. The number of aliphatic imine (C=N–C) groups is 1. The molecule has 1 atom stereocenters. The molecule has 3 N–H and O–H groups in total. The molecule has 1 aliphatic heterocycles. The van der Waals surface area contributed by atoms with Crippen LogP contribution in [0, 0.1) is 6.92 Å². The lowest BCUT2D eigenvalue weighted by molar-refractivity contribution is 0.00854. The molecule has 0 bridgehead atoms. The third-order valence-electron chi connectivity index (χ3n) is 4.88. The molecule has 7 nitrogen and oxygen atoms in total. The minimum absolute atomic E-state index is 0.122. The van der Waals surface area contributed by atoms with Crippen molar-refractivity contribution in [2.75, 3.05) is 13.6 Å². The van der Waals surface area contributed by atoms with Gasteiger partial charge in [0.1, 0.15) is 11.6 Å². The van der Waals surface area contributed by atoms with E-state index < -0.39 is 5.60 Å². The lowest BCUT2D eigenvalue weighted by atomic mass is 9.85. The van der Waals surface area contributed by atoms with Gasteiger partial charge in [-0.3, -0.25) is 4.99 Å². The largest absolute Gasteiger partial charge is 0.388 e. The molecular weight excluding hydrogens is 292 g/mol. The maximum atomic E-state index is 10.6. The van der Waals surface area contributed by atoms with Crippen molar-refractivity contribution in [1.29, 1.82) is 0 Å². The molecule has 1 aromatic heterocycles. The van der Waals surface area contributed by atoms with Crippen LogP contribution in [0.5, 0.6) is 0 Å². The van der Waals surface area contributed by atoms with Gasteiger partial charge in [-0.1, -0.05) is 19.3 Å². The van der Waals surface area contributed by atoms with E-state index in [1.165, 1.54) is 6.42 Å². The predicted molar refractivity (Wildman–Crippen MR) is 89.3 cm³/mol. The first-order valence-corrected chi connectivity index (χ1v) is 8.70. The third kappa shape index (κ3) is 3.83. The Labute approximate surface area is 137 Å². The van der Waals surface area contributed by atoms with Crippen LogP contribution in [0.25, 0.3) is 0 Å². The van der Waals surface area contributed by atoms with Crippen molar-refractivity contribution in [3.63, 3.8) is 0 Å². The number of hydrogen-bond donors (Lipinski definition) is 3. The highest BCUT2D eigenvalue weighted by Crippen LogP contribution is 2.27. The van der Waals surface area contributed by atoms with Gasteiger partial charge >= 0.3 is 0 Å². The highest BCUT2D eigenvalue weighted by Gasteiger charge is 2.30. The van der Waals surface area contributed by atoms with Crippen molar-refractivity contribution in [1.82, 2.24) is 25.4 Å². The van der Waals surface area contributed by atoms with E-state index in [0.29, 0.717) is 6.54 Å². The predicted octanol–water partition coefficient (Wildman–Crippen LogP) is 1.28. The molecule has 0 radical (unpaired) electrons. The molecule has 2 aliphatic rings. The Morgan fingerprint density at radius 1 is 1.35 bits per heavy atom. The fourth-order valence-electron chi connectivity index (χ4n) is 3.60. The van der Waals surface area contributed by atoms with Crippen LogP contribution in [0.4, 0.5) is 0 Å². The van der Waals surface area contributed by atoms with Crippen molar-refractivity contribution in [2.45, 2.75) is 70.1 Å². The van der Waals surface area contributed by atoms with Crippen LogP contribution in [-0.2, 0) is 6.54 Å². The molecule has 1 aliphatic carbocycles. The number of aliphatic hydroxyl groups is 1. The zero-order valence-electron chi connectivity index (χ0n) is 14.2. The number of nitrogens with one attached hydrogen (secondary N) is 2. The molecule has 0 aromatic carbocycles. The lowest BCUT2D eigenvalue weighted by Gasteiger charge is -2.33. The standard InChI is InChI=1S/C16H28N6O/c1-12-19-14-13(7-6-10-22(14)21-12)20-15(17-2)18-11-16(23)8-4-3-5-9-16/h13,23H,3-11H2,1-2H3,(H2,17,18,20). The van der Waals surface area contributed by atoms with E-state index in [0.717, 1.165) is 62.7 Å². The minimum atomic E-state index is -0.598. The van der Waals surface area contributed by atoms with Gasteiger partial charge < -0.3 is 15.7 Å². The van der Waals surface area contributed by atoms with E-state index >= 15 is 0 Å². The van der Waals surface area contributed by atoms with Gasteiger partial charge in [-0.2, -0.15) is 5.10 Å². The van der Waals surface area contributed by atoms with Gasteiger partial charge in [-0.15, -0.1) is 0 Å². The molecule has 2 heterocycles. The van der Waals surface area contributed by atoms with Gasteiger partial charge in [0, 0.05) is 20.1 Å². The van der Waals surface area contributed by atoms with E-state index in [2.05, 4.69) is 25.7 Å². The first-order valence-electron chi connectivity index (χ1n) is 8.70. The highest BCUT2D eigenvalue weighted by atomic mass is 16.3. The van der Waals surface area contributed by atoms with Crippen LogP contribution in [0.3, 0.4) is 0 Å². The second kappa shape index (κ2) is 6.86. The average molecular weight is 320 g/mol. The number of fused-ring (bicyclic) bond motifs is 1. The Morgan fingerprint density at radius 3 is 2.87 bits per heavy atom.